The summed E-state index contributed by atoms with van der Waals surface area (Å²) in [6, 6.07) is 20.5. The molecule has 5 aromatic heterocycles. The van der Waals surface area contributed by atoms with Crippen LogP contribution in [-0.2, 0) is 0 Å². The SMILES string of the molecule is c1ccc(-c2ccc3[nH]nc(-c4cc5c(-c6cccs6)nccc5[nH]4)c3c2)nc1. The highest BCUT2D eigenvalue weighted by Gasteiger charge is 2.15. The van der Waals surface area contributed by atoms with Crippen LogP contribution >= 0.6 is 11.3 Å². The summed E-state index contributed by atoms with van der Waals surface area (Å²) in [5, 5.41) is 12.0. The highest BCUT2D eigenvalue weighted by molar-refractivity contribution is 7.13. The van der Waals surface area contributed by atoms with Gasteiger partial charge in [0.2, 0.25) is 0 Å². The Morgan fingerprint density at radius 2 is 1.72 bits per heavy atom. The molecule has 1 aromatic carbocycles. The number of H-pyrrole nitrogens is 2. The van der Waals surface area contributed by atoms with Crippen molar-refractivity contribution in [2.75, 3.05) is 0 Å². The molecule has 0 spiro atoms. The van der Waals surface area contributed by atoms with E-state index in [0.29, 0.717) is 0 Å². The van der Waals surface area contributed by atoms with E-state index < -0.39 is 0 Å². The number of rotatable bonds is 3. The number of aromatic amines is 2. The van der Waals surface area contributed by atoms with E-state index in [9.17, 15) is 0 Å². The standard InChI is InChI=1S/C23H15N5S/c1-2-9-24-17(4-1)14-6-7-19-15(12-14)22(28-27-19)20-13-16-18(26-20)8-10-25-23(16)21-5-3-11-29-21/h1-13,26H,(H,27,28). The number of pyridine rings is 2. The molecule has 6 heteroatoms. The zero-order valence-corrected chi connectivity index (χ0v) is 16.1. The fourth-order valence-electron chi connectivity index (χ4n) is 3.70. The van der Waals surface area contributed by atoms with Crippen molar-refractivity contribution in [1.29, 1.82) is 0 Å². The van der Waals surface area contributed by atoms with E-state index in [0.717, 1.165) is 55.0 Å². The van der Waals surface area contributed by atoms with Crippen LogP contribution < -0.4 is 0 Å². The summed E-state index contributed by atoms with van der Waals surface area (Å²) in [4.78, 5) is 13.8. The molecule has 0 fully saturated rings. The average molecular weight is 393 g/mol. The third kappa shape index (κ3) is 2.65. The van der Waals surface area contributed by atoms with Crippen molar-refractivity contribution in [3.63, 3.8) is 0 Å². The van der Waals surface area contributed by atoms with Gasteiger partial charge in [-0.05, 0) is 47.8 Å². The zero-order valence-electron chi connectivity index (χ0n) is 15.3. The van der Waals surface area contributed by atoms with E-state index in [-0.39, 0.29) is 0 Å². The average Bonchev–Trinajstić information content (AvgIpc) is 3.52. The number of hydrogen-bond donors (Lipinski definition) is 2. The van der Waals surface area contributed by atoms with Gasteiger partial charge >= 0.3 is 0 Å². The zero-order chi connectivity index (χ0) is 19.2. The summed E-state index contributed by atoms with van der Waals surface area (Å²) in [6.07, 6.45) is 3.66. The second-order valence-electron chi connectivity index (χ2n) is 6.83. The second kappa shape index (κ2) is 6.39. The third-order valence-corrected chi connectivity index (χ3v) is 5.96. The number of benzene rings is 1. The fourth-order valence-corrected chi connectivity index (χ4v) is 4.44. The van der Waals surface area contributed by atoms with Crippen molar-refractivity contribution in [3.8, 4) is 33.2 Å². The van der Waals surface area contributed by atoms with Gasteiger partial charge in [-0.25, -0.2) is 0 Å². The van der Waals surface area contributed by atoms with E-state index in [1.807, 2.05) is 36.7 Å². The highest BCUT2D eigenvalue weighted by Crippen LogP contribution is 2.35. The summed E-state index contributed by atoms with van der Waals surface area (Å²) in [5.41, 5.74) is 6.92. The predicted octanol–water partition coefficient (Wildman–Crippen LogP) is 5.90. The highest BCUT2D eigenvalue weighted by atomic mass is 32.1. The van der Waals surface area contributed by atoms with Gasteiger partial charge in [0.25, 0.3) is 0 Å². The molecule has 2 N–H and O–H groups in total. The van der Waals surface area contributed by atoms with Crippen LogP contribution in [0, 0.1) is 0 Å². The van der Waals surface area contributed by atoms with E-state index >= 15 is 0 Å². The molecule has 0 radical (unpaired) electrons. The van der Waals surface area contributed by atoms with Gasteiger partial charge in [-0.3, -0.25) is 15.1 Å². The molecule has 0 aliphatic rings. The molecule has 6 rings (SSSR count). The van der Waals surface area contributed by atoms with Crippen molar-refractivity contribution in [1.82, 2.24) is 25.1 Å². The molecule has 0 aliphatic heterocycles. The van der Waals surface area contributed by atoms with Crippen molar-refractivity contribution in [3.05, 3.63) is 78.4 Å². The molecule has 138 valence electrons. The van der Waals surface area contributed by atoms with Crippen LogP contribution in [0.5, 0.6) is 0 Å². The topological polar surface area (TPSA) is 70.2 Å². The molecule has 29 heavy (non-hydrogen) atoms. The van der Waals surface area contributed by atoms with Gasteiger partial charge in [-0.2, -0.15) is 5.10 Å². The number of hydrogen-bond acceptors (Lipinski definition) is 4. The molecule has 6 aromatic rings. The normalized spacial score (nSPS) is 11.4. The van der Waals surface area contributed by atoms with Crippen LogP contribution in [0.1, 0.15) is 0 Å². The molecule has 0 aliphatic carbocycles. The molecule has 0 unspecified atom stereocenters. The Labute approximate surface area is 170 Å². The largest absolute Gasteiger partial charge is 0.353 e. The van der Waals surface area contributed by atoms with Crippen LogP contribution in [0.25, 0.3) is 55.0 Å². The summed E-state index contributed by atoms with van der Waals surface area (Å²) in [5.74, 6) is 0. The monoisotopic (exact) mass is 393 g/mol. The Balaban J connectivity index is 1.53. The molecular weight excluding hydrogens is 378 g/mol. The number of nitrogens with one attached hydrogen (secondary N) is 2. The maximum absolute atomic E-state index is 4.61. The van der Waals surface area contributed by atoms with Crippen molar-refractivity contribution < 1.29 is 0 Å². The third-order valence-electron chi connectivity index (χ3n) is 5.08. The summed E-state index contributed by atoms with van der Waals surface area (Å²) in [7, 11) is 0. The van der Waals surface area contributed by atoms with E-state index in [1.54, 1.807) is 11.3 Å². The Morgan fingerprint density at radius 3 is 2.59 bits per heavy atom. The van der Waals surface area contributed by atoms with Gasteiger partial charge in [0.1, 0.15) is 5.69 Å². The fraction of sp³-hybridized carbons (Fsp3) is 0. The quantitative estimate of drug-likeness (QED) is 0.393. The molecule has 5 heterocycles. The summed E-state index contributed by atoms with van der Waals surface area (Å²) in [6.45, 7) is 0. The number of nitrogens with zero attached hydrogens (tertiary/aromatic N) is 3. The number of thiophene rings is 1. The smallest absolute Gasteiger partial charge is 0.116 e. The van der Waals surface area contributed by atoms with Crippen LogP contribution in [0.3, 0.4) is 0 Å². The number of aromatic nitrogens is 5. The lowest BCUT2D eigenvalue weighted by atomic mass is 10.1. The minimum absolute atomic E-state index is 0.895. The lowest BCUT2D eigenvalue weighted by molar-refractivity contribution is 1.12. The van der Waals surface area contributed by atoms with Crippen LogP contribution in [0.15, 0.2) is 78.4 Å². The van der Waals surface area contributed by atoms with Gasteiger partial charge in [-0.1, -0.05) is 18.2 Å². The van der Waals surface area contributed by atoms with Crippen LogP contribution in [-0.4, -0.2) is 25.1 Å². The predicted molar refractivity (Wildman–Crippen MR) is 118 cm³/mol. The van der Waals surface area contributed by atoms with Crippen molar-refractivity contribution in [2.45, 2.75) is 0 Å². The maximum Gasteiger partial charge on any atom is 0.116 e. The lowest BCUT2D eigenvalue weighted by Gasteiger charge is -2.01. The molecule has 0 saturated heterocycles. The molecule has 5 nitrogen and oxygen atoms in total. The van der Waals surface area contributed by atoms with Gasteiger partial charge in [0.15, 0.2) is 0 Å². The second-order valence-corrected chi connectivity index (χ2v) is 7.78. The molecular formula is C23H15N5S. The minimum atomic E-state index is 0.895. The Kier molecular flexibility index (Phi) is 3.57. The Bertz CT molecular complexity index is 1450. The molecule has 0 atom stereocenters. The Morgan fingerprint density at radius 1 is 0.759 bits per heavy atom. The van der Waals surface area contributed by atoms with Gasteiger partial charge in [0, 0.05) is 34.2 Å². The molecule has 0 bridgehead atoms. The van der Waals surface area contributed by atoms with E-state index in [1.165, 1.54) is 0 Å². The summed E-state index contributed by atoms with van der Waals surface area (Å²) >= 11 is 1.69. The van der Waals surface area contributed by atoms with Crippen molar-refractivity contribution >= 4 is 33.1 Å². The first-order chi connectivity index (χ1) is 14.4. The van der Waals surface area contributed by atoms with Crippen LogP contribution in [0.2, 0.25) is 0 Å². The first kappa shape index (κ1) is 16.2. The van der Waals surface area contributed by atoms with Crippen LogP contribution in [0.4, 0.5) is 0 Å². The minimum Gasteiger partial charge on any atom is -0.353 e. The van der Waals surface area contributed by atoms with Gasteiger partial charge in [0.05, 0.1) is 27.5 Å². The van der Waals surface area contributed by atoms with E-state index in [2.05, 4.69) is 66.9 Å². The first-order valence-corrected chi connectivity index (χ1v) is 10.2. The van der Waals surface area contributed by atoms with Gasteiger partial charge in [-0.15, -0.1) is 11.3 Å². The maximum atomic E-state index is 4.61. The molecule has 0 amide bonds. The Hall–Kier alpha value is -3.77. The first-order valence-electron chi connectivity index (χ1n) is 9.28. The van der Waals surface area contributed by atoms with E-state index in [4.69, 9.17) is 0 Å². The van der Waals surface area contributed by atoms with Crippen molar-refractivity contribution in [2.24, 2.45) is 0 Å². The molecule has 0 saturated carbocycles. The van der Waals surface area contributed by atoms with Gasteiger partial charge < -0.3 is 4.98 Å². The summed E-state index contributed by atoms with van der Waals surface area (Å²) < 4.78 is 0. The number of fused-ring (bicyclic) bond motifs is 2. The lowest BCUT2D eigenvalue weighted by Crippen LogP contribution is -1.82.